The van der Waals surface area contributed by atoms with Gasteiger partial charge in [0.1, 0.15) is 17.2 Å². The van der Waals surface area contributed by atoms with Crippen LogP contribution in [0.2, 0.25) is 0 Å². The fourth-order valence-electron chi connectivity index (χ4n) is 3.98. The van der Waals surface area contributed by atoms with E-state index in [2.05, 4.69) is 16.9 Å². The van der Waals surface area contributed by atoms with Crippen LogP contribution in [-0.4, -0.2) is 70.4 Å². The van der Waals surface area contributed by atoms with Gasteiger partial charge < -0.3 is 19.5 Å². The zero-order chi connectivity index (χ0) is 23.0. The van der Waals surface area contributed by atoms with Gasteiger partial charge >= 0.3 is 0 Å². The maximum Gasteiger partial charge on any atom is 0.285 e. The quantitative estimate of drug-likeness (QED) is 0.378. The lowest BCUT2D eigenvalue weighted by Crippen LogP contribution is -2.33. The Morgan fingerprint density at radius 2 is 2.03 bits per heavy atom. The molecule has 10 nitrogen and oxygen atoms in total. The smallest absolute Gasteiger partial charge is 0.285 e. The van der Waals surface area contributed by atoms with E-state index in [1.165, 1.54) is 21.8 Å². The van der Waals surface area contributed by atoms with Crippen molar-refractivity contribution in [2.24, 2.45) is 7.05 Å². The van der Waals surface area contributed by atoms with Crippen molar-refractivity contribution >= 4 is 18.9 Å². The van der Waals surface area contributed by atoms with Crippen molar-refractivity contribution in [3.63, 3.8) is 0 Å². The monoisotopic (exact) mass is 456 g/mol. The third kappa shape index (κ3) is 4.55. The van der Waals surface area contributed by atoms with Gasteiger partial charge in [0.15, 0.2) is 28.7 Å². The molecule has 174 valence electrons. The van der Waals surface area contributed by atoms with Gasteiger partial charge in [0.2, 0.25) is 0 Å². The average Bonchev–Trinajstić information content (AvgIpc) is 3.05. The van der Waals surface area contributed by atoms with E-state index in [1.54, 1.807) is 7.05 Å². The summed E-state index contributed by atoms with van der Waals surface area (Å²) >= 11 is 0. The number of hydrogen-bond donors (Lipinski definition) is 4. The molecule has 31 heavy (non-hydrogen) atoms. The third-order valence-corrected chi connectivity index (χ3v) is 10.1. The van der Waals surface area contributed by atoms with E-state index in [9.17, 15) is 15.1 Å². The summed E-state index contributed by atoms with van der Waals surface area (Å²) < 4.78 is 15.3. The predicted octanol–water partition coefficient (Wildman–Crippen LogP) is 1.71. The van der Waals surface area contributed by atoms with Crippen LogP contribution in [0.1, 0.15) is 53.2 Å². The Bertz CT molecular complexity index is 967. The van der Waals surface area contributed by atoms with Gasteiger partial charge in [0.25, 0.3) is 7.72 Å². The maximum absolute atomic E-state index is 10.9. The van der Waals surface area contributed by atoms with Crippen LogP contribution < -0.4 is 5.49 Å². The summed E-state index contributed by atoms with van der Waals surface area (Å²) in [7, 11) is -0.673. The van der Waals surface area contributed by atoms with E-state index < -0.39 is 32.3 Å². The Morgan fingerprint density at radius 1 is 1.32 bits per heavy atom. The summed E-state index contributed by atoms with van der Waals surface area (Å²) in [6.45, 7) is 7.85. The Balaban J connectivity index is 1.74. The molecule has 1 saturated heterocycles. The third-order valence-electron chi connectivity index (χ3n) is 6.47. The second kappa shape index (κ2) is 9.21. The van der Waals surface area contributed by atoms with E-state index in [1.807, 2.05) is 20.8 Å². The minimum absolute atomic E-state index is 0.189. The first-order chi connectivity index (χ1) is 14.6. The lowest BCUT2D eigenvalue weighted by Gasteiger charge is -2.29. The lowest BCUT2D eigenvalue weighted by atomic mass is 10.0. The van der Waals surface area contributed by atoms with Crippen LogP contribution in [0.25, 0.3) is 11.2 Å². The van der Waals surface area contributed by atoms with Crippen molar-refractivity contribution < 1.29 is 24.4 Å². The summed E-state index contributed by atoms with van der Waals surface area (Å²) in [5.41, 5.74) is 0.865. The van der Waals surface area contributed by atoms with Gasteiger partial charge in [-0.25, -0.2) is 14.9 Å². The van der Waals surface area contributed by atoms with Gasteiger partial charge in [-0.15, -0.1) is 0 Å². The van der Waals surface area contributed by atoms with Gasteiger partial charge in [-0.3, -0.25) is 9.98 Å². The second-order valence-corrected chi connectivity index (χ2v) is 11.6. The summed E-state index contributed by atoms with van der Waals surface area (Å²) in [6.07, 6.45) is 2.98. The van der Waals surface area contributed by atoms with E-state index in [-0.39, 0.29) is 23.4 Å². The van der Waals surface area contributed by atoms with E-state index in [0.717, 1.165) is 6.42 Å². The zero-order valence-electron chi connectivity index (χ0n) is 18.9. The number of aromatic nitrogens is 4. The summed E-state index contributed by atoms with van der Waals surface area (Å²) in [5.74, 6) is 0. The van der Waals surface area contributed by atoms with Crippen LogP contribution in [0.3, 0.4) is 0 Å². The molecule has 0 radical (unpaired) electrons. The SMILES string of the molecule is CCC1C(C)[P+]1(O)OC(C)(CC)CCOC([C@H](O)CO)n1cnc2c(=N)n(C)cnc21. The van der Waals surface area contributed by atoms with Gasteiger partial charge in [-0.2, -0.15) is 4.52 Å². The van der Waals surface area contributed by atoms with Crippen molar-refractivity contribution in [1.82, 2.24) is 19.1 Å². The Morgan fingerprint density at radius 3 is 2.61 bits per heavy atom. The first-order valence-corrected chi connectivity index (χ1v) is 12.6. The van der Waals surface area contributed by atoms with Crippen LogP contribution in [-0.2, 0) is 16.3 Å². The number of aryl methyl sites for hydroxylation is 1. The minimum Gasteiger partial charge on any atom is -0.394 e. The van der Waals surface area contributed by atoms with Gasteiger partial charge in [0.05, 0.1) is 25.9 Å². The summed E-state index contributed by atoms with van der Waals surface area (Å²) in [6, 6.07) is 0. The highest BCUT2D eigenvalue weighted by Crippen LogP contribution is 2.84. The van der Waals surface area contributed by atoms with E-state index in [4.69, 9.17) is 14.7 Å². The standard InChI is InChI=1S/C20H35N5O5P/c1-6-15-13(3)31(15,28)30-20(4,7-2)8-9-29-19(14(27)10-26)25-12-22-16-17(21)24(5)11-23-18(16)25/h11-15,19,21,26-28H,6-10H2,1-5H3/q+1/t13?,14-,15?,19?,20?,31?/m1/s1. The first-order valence-electron chi connectivity index (χ1n) is 10.8. The van der Waals surface area contributed by atoms with Crippen LogP contribution in [0.4, 0.5) is 0 Å². The molecule has 0 bridgehead atoms. The molecule has 0 aromatic carbocycles. The van der Waals surface area contributed by atoms with Crippen molar-refractivity contribution in [3.05, 3.63) is 18.1 Å². The largest absolute Gasteiger partial charge is 0.394 e. The molecule has 1 fully saturated rings. The number of hydrogen-bond acceptors (Lipinski definition) is 8. The molecule has 6 atom stereocenters. The molecule has 1 aliphatic rings. The molecule has 5 unspecified atom stereocenters. The number of aliphatic hydroxyl groups excluding tert-OH is 2. The fourth-order valence-corrected chi connectivity index (χ4v) is 7.34. The number of nitrogens with zero attached hydrogens (tertiary/aromatic N) is 4. The maximum atomic E-state index is 10.9. The van der Waals surface area contributed by atoms with Crippen LogP contribution in [0.5, 0.6) is 0 Å². The number of fused-ring (bicyclic) bond motifs is 1. The molecule has 0 spiro atoms. The zero-order valence-corrected chi connectivity index (χ0v) is 19.8. The predicted molar refractivity (Wildman–Crippen MR) is 118 cm³/mol. The minimum atomic E-state index is -2.38. The topological polar surface area (TPSA) is 139 Å². The first kappa shape index (κ1) is 24.2. The molecule has 0 saturated carbocycles. The Kier molecular flexibility index (Phi) is 7.20. The average molecular weight is 457 g/mol. The lowest BCUT2D eigenvalue weighted by molar-refractivity contribution is -0.106. The van der Waals surface area contributed by atoms with Gasteiger partial charge in [-0.05, 0) is 26.7 Å². The van der Waals surface area contributed by atoms with E-state index in [0.29, 0.717) is 24.0 Å². The number of ether oxygens (including phenoxy) is 1. The van der Waals surface area contributed by atoms with Crippen molar-refractivity contribution in [3.8, 4) is 0 Å². The number of nitrogens with one attached hydrogen (secondary N) is 1. The fraction of sp³-hybridized carbons (Fsp3) is 0.750. The van der Waals surface area contributed by atoms with Crippen molar-refractivity contribution in [2.75, 3.05) is 13.2 Å². The molecule has 0 aliphatic carbocycles. The summed E-state index contributed by atoms with van der Waals surface area (Å²) in [5, 5.41) is 28.1. The van der Waals surface area contributed by atoms with Crippen LogP contribution in [0, 0.1) is 5.41 Å². The van der Waals surface area contributed by atoms with Crippen molar-refractivity contribution in [2.45, 2.75) is 76.2 Å². The highest BCUT2D eigenvalue weighted by Gasteiger charge is 2.75. The Hall–Kier alpha value is -1.42. The van der Waals surface area contributed by atoms with Crippen molar-refractivity contribution in [1.29, 1.82) is 5.41 Å². The summed E-state index contributed by atoms with van der Waals surface area (Å²) in [4.78, 5) is 19.5. The number of rotatable bonds is 11. The highest BCUT2D eigenvalue weighted by atomic mass is 31.2. The second-order valence-electron chi connectivity index (χ2n) is 8.57. The molecule has 2 aromatic heterocycles. The molecule has 0 amide bonds. The Labute approximate surface area is 182 Å². The normalized spacial score (nSPS) is 27.2. The molecule has 11 heteroatoms. The van der Waals surface area contributed by atoms with Gasteiger partial charge in [-0.1, -0.05) is 13.8 Å². The molecular formula is C20H35N5O5P+. The number of imidazole rings is 1. The molecule has 2 aromatic rings. The molecule has 1 aliphatic heterocycles. The van der Waals surface area contributed by atoms with E-state index >= 15 is 0 Å². The highest BCUT2D eigenvalue weighted by molar-refractivity contribution is 7.74. The number of aliphatic hydroxyl groups is 2. The molecule has 3 heterocycles. The van der Waals surface area contributed by atoms with Crippen LogP contribution in [0.15, 0.2) is 12.7 Å². The molecule has 3 rings (SSSR count). The molecular weight excluding hydrogens is 421 g/mol. The van der Waals surface area contributed by atoms with Gasteiger partial charge in [0, 0.05) is 13.5 Å². The van der Waals surface area contributed by atoms with Crippen LogP contribution >= 0.6 is 7.72 Å². The molecule has 4 N–H and O–H groups in total.